The van der Waals surface area contributed by atoms with Gasteiger partial charge in [0, 0.05) is 6.42 Å². The summed E-state index contributed by atoms with van der Waals surface area (Å²) in [6, 6.07) is 2.59. The Bertz CT molecular complexity index is 1050. The lowest BCUT2D eigenvalue weighted by Crippen LogP contribution is -2.61. The monoisotopic (exact) mass is 591 g/mol. The van der Waals surface area contributed by atoms with Gasteiger partial charge in [0.15, 0.2) is 0 Å². The van der Waals surface area contributed by atoms with Crippen molar-refractivity contribution in [2.45, 2.75) is 152 Å². The summed E-state index contributed by atoms with van der Waals surface area (Å²) in [6.45, 7) is 0. The number of hydrogen-bond acceptors (Lipinski definition) is 9. The molecule has 9 fully saturated rings. The van der Waals surface area contributed by atoms with Crippen LogP contribution in [0.25, 0.3) is 0 Å². The largest absolute Gasteiger partial charge is 0.286 e. The molecule has 0 aromatic carbocycles. The summed E-state index contributed by atoms with van der Waals surface area (Å²) in [7, 11) is 0. The van der Waals surface area contributed by atoms with E-state index in [1.165, 1.54) is 96.3 Å². The molecular weight excluding hydrogens is 534 g/mol. The quantitative estimate of drug-likeness (QED) is 0.233. The van der Waals surface area contributed by atoms with E-state index in [2.05, 4.69) is 48.6 Å². The van der Waals surface area contributed by atoms with Crippen LogP contribution in [-0.4, -0.2) is 49.3 Å². The first-order valence-electron chi connectivity index (χ1n) is 18.7. The number of fused-ring (bicyclic) bond motifs is 20. The summed E-state index contributed by atoms with van der Waals surface area (Å²) < 4.78 is 0. The second kappa shape index (κ2) is 11.8. The minimum Gasteiger partial charge on any atom is -0.286 e. The van der Waals surface area contributed by atoms with Crippen molar-refractivity contribution in [2.75, 3.05) is 0 Å². The van der Waals surface area contributed by atoms with Crippen molar-refractivity contribution in [3.05, 3.63) is 0 Å². The molecule has 0 spiro atoms. The lowest BCUT2D eigenvalue weighted by molar-refractivity contribution is 0.124. The second-order valence-electron chi connectivity index (χ2n) is 16.3. The minimum atomic E-state index is 0.252. The Morgan fingerprint density at radius 1 is 0.372 bits per heavy atom. The number of rotatable bonds is 1. The Morgan fingerprint density at radius 3 is 1.02 bits per heavy atom. The van der Waals surface area contributed by atoms with Gasteiger partial charge < -0.3 is 0 Å². The molecule has 17 atom stereocenters. The molecule has 4 aliphatic carbocycles. The molecule has 43 heavy (non-hydrogen) atoms. The maximum absolute atomic E-state index is 9.83. The summed E-state index contributed by atoms with van der Waals surface area (Å²) in [6.07, 6.45) is 23.4. The molecule has 4 saturated carbocycles. The Hall–Kier alpha value is -0.830. The minimum absolute atomic E-state index is 0.252. The van der Waals surface area contributed by atoms with Gasteiger partial charge in [0.2, 0.25) is 0 Å². The zero-order valence-electron chi connectivity index (χ0n) is 26.1. The molecule has 0 amide bonds. The highest BCUT2D eigenvalue weighted by molar-refractivity contribution is 5.09. The fourth-order valence-electron chi connectivity index (χ4n) is 12.5. The third kappa shape index (κ3) is 4.93. The van der Waals surface area contributed by atoms with E-state index in [-0.39, 0.29) is 6.17 Å². The number of nitrogens with zero attached hydrogens (tertiary/aromatic N) is 1. The van der Waals surface area contributed by atoms with Crippen LogP contribution >= 0.6 is 0 Å². The van der Waals surface area contributed by atoms with Gasteiger partial charge >= 0.3 is 0 Å². The molecule has 0 radical (unpaired) electrons. The van der Waals surface area contributed by atoms with Gasteiger partial charge in [-0.3, -0.25) is 42.5 Å². The van der Waals surface area contributed by atoms with E-state index in [1.807, 2.05) is 0 Å². The van der Waals surface area contributed by atoms with Crippen LogP contribution < -0.4 is 42.5 Å². The van der Waals surface area contributed by atoms with Crippen LogP contribution in [0.4, 0.5) is 0 Å². The summed E-state index contributed by atoms with van der Waals surface area (Å²) in [5, 5.41) is 43.5. The highest BCUT2D eigenvalue weighted by Gasteiger charge is 2.55. The molecule has 8 bridgehead atoms. The van der Waals surface area contributed by atoms with Crippen molar-refractivity contribution < 1.29 is 0 Å². The van der Waals surface area contributed by atoms with Crippen molar-refractivity contribution in [2.24, 2.45) is 53.3 Å². The lowest BCUT2D eigenvalue weighted by atomic mass is 9.70. The van der Waals surface area contributed by atoms with Gasteiger partial charge in [-0.2, -0.15) is 5.26 Å². The topological polar surface area (TPSA) is 120 Å². The summed E-state index contributed by atoms with van der Waals surface area (Å²) >= 11 is 0. The van der Waals surface area contributed by atoms with Crippen molar-refractivity contribution >= 4 is 0 Å². The zero-order valence-corrected chi connectivity index (χ0v) is 26.1. The Morgan fingerprint density at radius 2 is 0.674 bits per heavy atom. The maximum atomic E-state index is 9.83. The van der Waals surface area contributed by atoms with Gasteiger partial charge in [-0.15, -0.1) is 0 Å². The van der Waals surface area contributed by atoms with Gasteiger partial charge in [0.05, 0.1) is 55.4 Å². The molecule has 9 rings (SSSR count). The molecule has 17 unspecified atom stereocenters. The molecule has 9 heteroatoms. The lowest BCUT2D eigenvalue weighted by Gasteiger charge is -2.38. The molecule has 9 nitrogen and oxygen atoms in total. The number of nitriles is 1. The van der Waals surface area contributed by atoms with Crippen molar-refractivity contribution in [3.63, 3.8) is 0 Å². The van der Waals surface area contributed by atoms with Crippen LogP contribution in [0.3, 0.4) is 0 Å². The van der Waals surface area contributed by atoms with E-state index in [0.717, 1.165) is 0 Å². The molecule has 0 aromatic heterocycles. The highest BCUT2D eigenvalue weighted by Crippen LogP contribution is 2.47. The molecule has 238 valence electrons. The average Bonchev–Trinajstić information content (AvgIpc) is 3.77. The van der Waals surface area contributed by atoms with Crippen LogP contribution in [0.15, 0.2) is 0 Å². The number of nitrogens with one attached hydrogen (secondary N) is 8. The van der Waals surface area contributed by atoms with Crippen LogP contribution in [-0.2, 0) is 0 Å². The molecule has 5 heterocycles. The van der Waals surface area contributed by atoms with Crippen molar-refractivity contribution in [1.82, 2.24) is 42.5 Å². The van der Waals surface area contributed by atoms with E-state index in [0.29, 0.717) is 103 Å². The van der Waals surface area contributed by atoms with Gasteiger partial charge in [0.1, 0.15) is 0 Å². The van der Waals surface area contributed by atoms with E-state index < -0.39 is 0 Å². The molecule has 8 N–H and O–H groups in total. The van der Waals surface area contributed by atoms with E-state index in [4.69, 9.17) is 0 Å². The first kappa shape index (κ1) is 28.4. The van der Waals surface area contributed by atoms with Crippen LogP contribution in [0, 0.1) is 64.6 Å². The molecular formula is C34H57N9. The fourth-order valence-corrected chi connectivity index (χ4v) is 12.5. The van der Waals surface area contributed by atoms with Crippen molar-refractivity contribution in [1.29, 1.82) is 5.26 Å². The van der Waals surface area contributed by atoms with Crippen LogP contribution in [0.2, 0.25) is 0 Å². The predicted molar refractivity (Wildman–Crippen MR) is 166 cm³/mol. The molecule has 0 aromatic rings. The second-order valence-corrected chi connectivity index (χ2v) is 16.3. The zero-order chi connectivity index (χ0) is 28.5. The third-order valence-corrected chi connectivity index (χ3v) is 14.4. The standard InChI is InChI=1S/C34H57N9/c35-17-16-18-8-7-15-25-26(18)34-42-32-24-14-6-5-13-23(24)30(40-32)38-28-20-10-2-1-9-19(20)27(36-28)37-29-21-11-3-4-12-22(21)31(39-29)41-33(25)43-34/h18-34,36-43H,1-16H2. The third-order valence-electron chi connectivity index (χ3n) is 14.4. The first-order chi connectivity index (χ1) is 21.2. The SMILES string of the molecule is N#CCC1CCCC2C3NC4NC(NC5NC(NC6NC(NC(N3)C12)C1CCCCC61)C1CCCCC51)C1CCCCC41. The smallest absolute Gasteiger partial charge is 0.0631 e. The van der Waals surface area contributed by atoms with Gasteiger partial charge in [0.25, 0.3) is 0 Å². The van der Waals surface area contributed by atoms with Crippen LogP contribution in [0.1, 0.15) is 103 Å². The highest BCUT2D eigenvalue weighted by atomic mass is 15.4. The maximum Gasteiger partial charge on any atom is 0.0631 e. The Labute approximate surface area is 259 Å². The van der Waals surface area contributed by atoms with E-state index >= 15 is 0 Å². The molecule has 9 aliphatic rings. The fraction of sp³-hybridized carbons (Fsp3) is 0.971. The van der Waals surface area contributed by atoms with Crippen LogP contribution in [0.5, 0.6) is 0 Å². The molecule has 5 aliphatic heterocycles. The Kier molecular flexibility index (Phi) is 7.76. The summed E-state index contributed by atoms with van der Waals surface area (Å²) in [5.41, 5.74) is 0. The Balaban J connectivity index is 1.06. The summed E-state index contributed by atoms with van der Waals surface area (Å²) in [4.78, 5) is 0. The van der Waals surface area contributed by atoms with Crippen molar-refractivity contribution in [3.8, 4) is 6.07 Å². The number of hydrogen-bond donors (Lipinski definition) is 8. The van der Waals surface area contributed by atoms with Gasteiger partial charge in [-0.05, 0) is 105 Å². The first-order valence-corrected chi connectivity index (χ1v) is 18.7. The van der Waals surface area contributed by atoms with E-state index in [9.17, 15) is 5.26 Å². The van der Waals surface area contributed by atoms with Gasteiger partial charge in [-0.25, -0.2) is 0 Å². The van der Waals surface area contributed by atoms with E-state index in [1.54, 1.807) is 0 Å². The summed E-state index contributed by atoms with van der Waals surface area (Å²) in [5.74, 6) is 5.74. The van der Waals surface area contributed by atoms with Gasteiger partial charge in [-0.1, -0.05) is 44.9 Å². The molecule has 5 saturated heterocycles. The average molecular weight is 592 g/mol. The predicted octanol–water partition coefficient (Wildman–Crippen LogP) is 2.75. The normalized spacial score (nSPS) is 55.9.